The Morgan fingerprint density at radius 2 is 1.70 bits per heavy atom. The van der Waals surface area contributed by atoms with Crippen molar-refractivity contribution in [3.63, 3.8) is 0 Å². The van der Waals surface area contributed by atoms with Crippen molar-refractivity contribution >= 4 is 12.4 Å². The highest BCUT2D eigenvalue weighted by Gasteiger charge is 2.25. The molecule has 0 spiro atoms. The van der Waals surface area contributed by atoms with Crippen molar-refractivity contribution in [1.29, 1.82) is 0 Å². The molecule has 2 nitrogen and oxygen atoms in total. The van der Waals surface area contributed by atoms with Crippen LogP contribution in [0.4, 0.5) is 12.9 Å². The number of aromatic hydroxyl groups is 1. The molecule has 0 saturated heterocycles. The minimum absolute atomic E-state index is 0.154. The zero-order valence-electron chi connectivity index (χ0n) is 10.8. The molecule has 0 bridgehead atoms. The molecule has 0 fully saturated rings. The first-order valence-electron chi connectivity index (χ1n) is 6.07. The lowest BCUT2D eigenvalue weighted by Gasteiger charge is -2.17. The van der Waals surface area contributed by atoms with Gasteiger partial charge in [0, 0.05) is 0 Å². The van der Waals surface area contributed by atoms with Gasteiger partial charge in [-0.1, -0.05) is 24.3 Å². The summed E-state index contributed by atoms with van der Waals surface area (Å²) in [5.41, 5.74) is 0.645. The van der Waals surface area contributed by atoms with E-state index >= 15 is 0 Å². The maximum Gasteiger partial charge on any atom is 0.509 e. The van der Waals surface area contributed by atoms with Crippen molar-refractivity contribution in [2.75, 3.05) is 0 Å². The molecule has 0 saturated carbocycles. The number of hydrogen-bond acceptors (Lipinski definition) is 2. The quantitative estimate of drug-likeness (QED) is 0.871. The van der Waals surface area contributed by atoms with Crippen LogP contribution in [0.5, 0.6) is 11.5 Å². The average Bonchev–Trinajstić information content (AvgIpc) is 2.38. The molecule has 0 unspecified atom stereocenters. The first-order chi connectivity index (χ1) is 9.36. The summed E-state index contributed by atoms with van der Waals surface area (Å²) < 4.78 is 43.2. The minimum Gasteiger partial charge on any atom is -0.508 e. The van der Waals surface area contributed by atoms with E-state index in [1.54, 1.807) is 19.1 Å². The lowest BCUT2D eigenvalue weighted by molar-refractivity contribution is 0.304. The van der Waals surface area contributed by atoms with E-state index < -0.39 is 12.4 Å². The Balaban J connectivity index is 2.08. The fraction of sp³-hybridized carbons (Fsp3) is 0.143. The van der Waals surface area contributed by atoms with Crippen LogP contribution >= 0.6 is 0 Å². The van der Waals surface area contributed by atoms with Crippen molar-refractivity contribution in [3.8, 4) is 11.5 Å². The number of hydrogen-bond donors (Lipinski definition) is 1. The van der Waals surface area contributed by atoms with Crippen molar-refractivity contribution < 1.29 is 22.8 Å². The summed E-state index contributed by atoms with van der Waals surface area (Å²) in [6.07, 6.45) is 0. The maximum atomic E-state index is 12.6. The van der Waals surface area contributed by atoms with Gasteiger partial charge in [0.25, 0.3) is 0 Å². The number of benzene rings is 2. The maximum absolute atomic E-state index is 12.6. The third-order valence-electron chi connectivity index (χ3n) is 2.91. The van der Waals surface area contributed by atoms with E-state index in [1.807, 2.05) is 0 Å². The Morgan fingerprint density at radius 1 is 1.05 bits per heavy atom. The number of aryl methyl sites for hydroxylation is 1. The third kappa shape index (κ3) is 3.47. The molecular weight excluding hydrogens is 268 g/mol. The molecule has 2 rings (SSSR count). The van der Waals surface area contributed by atoms with Gasteiger partial charge in [-0.05, 0) is 36.2 Å². The smallest absolute Gasteiger partial charge is 0.508 e. The Bertz CT molecular complexity index is 594. The average molecular weight is 281 g/mol. The van der Waals surface area contributed by atoms with Gasteiger partial charge in [-0.3, -0.25) is 0 Å². The van der Waals surface area contributed by atoms with Gasteiger partial charge in [-0.15, -0.1) is 5.46 Å². The van der Waals surface area contributed by atoms with Crippen LogP contribution in [0, 0.1) is 6.92 Å². The predicted octanol–water partition coefficient (Wildman–Crippen LogP) is 3.33. The normalized spacial score (nSPS) is 11.4. The van der Waals surface area contributed by atoms with Crippen LogP contribution in [0.3, 0.4) is 0 Å². The highest BCUT2D eigenvalue weighted by Crippen LogP contribution is 2.20. The lowest BCUT2D eigenvalue weighted by atomic mass is 9.79. The second-order valence-corrected chi connectivity index (χ2v) is 4.55. The largest absolute Gasteiger partial charge is 0.509 e. The van der Waals surface area contributed by atoms with E-state index in [0.29, 0.717) is 11.3 Å². The molecule has 0 aliphatic heterocycles. The van der Waals surface area contributed by atoms with Crippen LogP contribution in [-0.2, 0) is 6.61 Å². The molecule has 2 aromatic carbocycles. The van der Waals surface area contributed by atoms with Gasteiger partial charge in [0.2, 0.25) is 0 Å². The van der Waals surface area contributed by atoms with Crippen molar-refractivity contribution in [2.24, 2.45) is 0 Å². The van der Waals surface area contributed by atoms with Gasteiger partial charge in [0.1, 0.15) is 18.1 Å². The highest BCUT2D eigenvalue weighted by molar-refractivity contribution is 6.73. The summed E-state index contributed by atoms with van der Waals surface area (Å²) >= 11 is 0. The number of ether oxygens (including phenoxy) is 1. The third-order valence-corrected chi connectivity index (χ3v) is 2.91. The van der Waals surface area contributed by atoms with Gasteiger partial charge in [-0.25, -0.2) is 0 Å². The van der Waals surface area contributed by atoms with Crippen LogP contribution in [0.25, 0.3) is 0 Å². The van der Waals surface area contributed by atoms with E-state index in [1.165, 1.54) is 18.2 Å². The SMILES string of the molecule is Cc1cc([B-](F)(F)F)ccc1OCc1ccc(O)cc1. The molecule has 1 N–H and O–H groups in total. The zero-order chi connectivity index (χ0) is 14.8. The molecule has 6 heteroatoms. The summed E-state index contributed by atoms with van der Waals surface area (Å²) in [7, 11) is 0. The molecule has 2 aromatic rings. The standard InChI is InChI=1S/C14H13BF3O2/c1-10-8-12(15(16,17)18)4-7-14(10)20-9-11-2-5-13(19)6-3-11/h2-8,19H,9H2,1H3/q-1. The molecule has 20 heavy (non-hydrogen) atoms. The molecule has 0 aliphatic carbocycles. The van der Waals surface area contributed by atoms with Gasteiger partial charge in [0.05, 0.1) is 0 Å². The summed E-state index contributed by atoms with van der Waals surface area (Å²) in [4.78, 5) is 0. The van der Waals surface area contributed by atoms with Crippen LogP contribution in [0.2, 0.25) is 0 Å². The Hall–Kier alpha value is -2.11. The Labute approximate surface area is 114 Å². The minimum atomic E-state index is -4.98. The molecule has 0 radical (unpaired) electrons. The fourth-order valence-electron chi connectivity index (χ4n) is 1.79. The molecule has 0 aromatic heterocycles. The summed E-state index contributed by atoms with van der Waals surface area (Å²) in [5, 5.41) is 9.15. The van der Waals surface area contributed by atoms with Crippen LogP contribution in [0.15, 0.2) is 42.5 Å². The second kappa shape index (κ2) is 5.49. The lowest BCUT2D eigenvalue weighted by Crippen LogP contribution is -2.34. The van der Waals surface area contributed by atoms with Gasteiger partial charge in [-0.2, -0.15) is 0 Å². The van der Waals surface area contributed by atoms with Crippen LogP contribution in [-0.4, -0.2) is 12.1 Å². The van der Waals surface area contributed by atoms with Crippen LogP contribution in [0.1, 0.15) is 11.1 Å². The van der Waals surface area contributed by atoms with Crippen molar-refractivity contribution in [1.82, 2.24) is 0 Å². The number of phenolic OH excluding ortho intramolecular Hbond substituents is 1. The molecule has 0 atom stereocenters. The van der Waals surface area contributed by atoms with E-state index in [2.05, 4.69) is 0 Å². The Morgan fingerprint density at radius 3 is 2.25 bits per heavy atom. The summed E-state index contributed by atoms with van der Waals surface area (Å²) in [6, 6.07) is 9.89. The first-order valence-corrected chi connectivity index (χ1v) is 6.07. The molecule has 0 aliphatic rings. The highest BCUT2D eigenvalue weighted by atomic mass is 19.4. The second-order valence-electron chi connectivity index (χ2n) is 4.55. The van der Waals surface area contributed by atoms with Gasteiger partial charge >= 0.3 is 6.98 Å². The zero-order valence-corrected chi connectivity index (χ0v) is 10.8. The number of phenols is 1. The molecule has 0 heterocycles. The van der Waals surface area contributed by atoms with E-state index in [9.17, 15) is 12.9 Å². The van der Waals surface area contributed by atoms with Gasteiger partial charge in [0.15, 0.2) is 0 Å². The predicted molar refractivity (Wildman–Crippen MR) is 72.3 cm³/mol. The fourth-order valence-corrected chi connectivity index (χ4v) is 1.79. The van der Waals surface area contributed by atoms with Crippen molar-refractivity contribution in [2.45, 2.75) is 13.5 Å². The topological polar surface area (TPSA) is 29.5 Å². The Kier molecular flexibility index (Phi) is 3.92. The van der Waals surface area contributed by atoms with E-state index in [4.69, 9.17) is 9.84 Å². The molecule has 106 valence electrons. The van der Waals surface area contributed by atoms with E-state index in [-0.39, 0.29) is 12.4 Å². The first kappa shape index (κ1) is 14.3. The summed E-state index contributed by atoms with van der Waals surface area (Å²) in [6.45, 7) is -3.17. The van der Waals surface area contributed by atoms with Crippen molar-refractivity contribution in [3.05, 3.63) is 53.6 Å². The monoisotopic (exact) mass is 281 g/mol. The van der Waals surface area contributed by atoms with Crippen LogP contribution < -0.4 is 10.2 Å². The number of rotatable bonds is 4. The molecular formula is C14H13BF3O2-. The summed E-state index contributed by atoms with van der Waals surface area (Å²) in [5.74, 6) is 0.573. The van der Waals surface area contributed by atoms with Gasteiger partial charge < -0.3 is 22.8 Å². The molecule has 0 amide bonds. The van der Waals surface area contributed by atoms with E-state index in [0.717, 1.165) is 17.7 Å². The number of halogens is 3.